The second kappa shape index (κ2) is 9.67. The van der Waals surface area contributed by atoms with Crippen LogP contribution >= 0.6 is 0 Å². The van der Waals surface area contributed by atoms with E-state index in [2.05, 4.69) is 4.74 Å². The maximum atomic E-state index is 12.4. The highest BCUT2D eigenvalue weighted by Crippen LogP contribution is 2.37. The number of hydrogen-bond acceptors (Lipinski definition) is 4. The van der Waals surface area contributed by atoms with Gasteiger partial charge in [-0.2, -0.15) is 0 Å². The largest absolute Gasteiger partial charge is 0.573 e. The molecule has 0 saturated carbocycles. The van der Waals surface area contributed by atoms with Gasteiger partial charge in [-0.15, -0.1) is 13.2 Å². The zero-order valence-electron chi connectivity index (χ0n) is 17.3. The molecule has 0 saturated heterocycles. The Labute approximate surface area is 189 Å². The molecule has 4 nitrogen and oxygen atoms in total. The van der Waals surface area contributed by atoms with Crippen molar-refractivity contribution in [1.82, 2.24) is 0 Å². The Morgan fingerprint density at radius 2 is 1.09 bits per heavy atom. The van der Waals surface area contributed by atoms with E-state index >= 15 is 0 Å². The molecule has 0 aromatic heterocycles. The summed E-state index contributed by atoms with van der Waals surface area (Å²) in [7, 11) is 0. The van der Waals surface area contributed by atoms with Crippen molar-refractivity contribution >= 4 is 0 Å². The van der Waals surface area contributed by atoms with Gasteiger partial charge in [-0.25, -0.2) is 0 Å². The van der Waals surface area contributed by atoms with Gasteiger partial charge in [0.25, 0.3) is 0 Å². The summed E-state index contributed by atoms with van der Waals surface area (Å²) in [4.78, 5) is 0. The van der Waals surface area contributed by atoms with Crippen molar-refractivity contribution < 1.29 is 27.4 Å². The molecule has 33 heavy (non-hydrogen) atoms. The molecule has 4 aromatic carbocycles. The third-order valence-electron chi connectivity index (χ3n) is 4.74. The topological polar surface area (TPSA) is 53.7 Å². The summed E-state index contributed by atoms with van der Waals surface area (Å²) in [5.41, 5.74) is 7.72. The lowest BCUT2D eigenvalue weighted by molar-refractivity contribution is -0.274. The van der Waals surface area contributed by atoms with Gasteiger partial charge in [-0.1, -0.05) is 54.6 Å². The minimum absolute atomic E-state index is 0.307. The van der Waals surface area contributed by atoms with E-state index in [1.54, 1.807) is 18.2 Å². The van der Waals surface area contributed by atoms with Crippen LogP contribution in [0.2, 0.25) is 0 Å². The highest BCUT2D eigenvalue weighted by molar-refractivity contribution is 5.49. The van der Waals surface area contributed by atoms with Crippen LogP contribution in [-0.4, -0.2) is 6.36 Å². The van der Waals surface area contributed by atoms with Gasteiger partial charge in [0.2, 0.25) is 0 Å². The maximum absolute atomic E-state index is 12.4. The molecule has 0 bridgehead atoms. The normalized spacial score (nSPS) is 12.1. The molecule has 0 unspecified atom stereocenters. The van der Waals surface area contributed by atoms with Crippen molar-refractivity contribution in [3.05, 3.63) is 114 Å². The van der Waals surface area contributed by atoms with Crippen LogP contribution in [0.4, 0.5) is 13.2 Å². The second-order valence-electron chi connectivity index (χ2n) is 7.13. The molecular weight excluding hydrogens is 431 g/mol. The molecule has 4 aromatic rings. The predicted octanol–water partition coefficient (Wildman–Crippen LogP) is 7.22. The Bertz CT molecular complexity index is 1180. The molecular formula is C26H20F3NO3. The minimum atomic E-state index is -4.75. The Balaban J connectivity index is 1.62. The minimum Gasteiger partial charge on any atom is -0.453 e. The summed E-state index contributed by atoms with van der Waals surface area (Å²) < 4.78 is 53.2. The summed E-state index contributed by atoms with van der Waals surface area (Å²) in [5.74, 6) is 1.91. The first-order chi connectivity index (χ1) is 15.9. The number of benzene rings is 4. The Morgan fingerprint density at radius 1 is 0.576 bits per heavy atom. The van der Waals surface area contributed by atoms with E-state index in [1.165, 1.54) is 24.3 Å². The van der Waals surface area contributed by atoms with Gasteiger partial charge in [0, 0.05) is 0 Å². The first-order valence-electron chi connectivity index (χ1n) is 10.1. The molecule has 0 aliphatic heterocycles. The van der Waals surface area contributed by atoms with Crippen molar-refractivity contribution in [3.8, 4) is 28.7 Å². The zero-order valence-corrected chi connectivity index (χ0v) is 17.3. The molecule has 0 radical (unpaired) electrons. The number of hydrogen-bond donors (Lipinski definition) is 1. The molecule has 4 rings (SSSR count). The van der Waals surface area contributed by atoms with E-state index < -0.39 is 12.4 Å². The number of rotatable bonds is 7. The van der Waals surface area contributed by atoms with E-state index in [4.69, 9.17) is 15.2 Å². The lowest BCUT2D eigenvalue weighted by Crippen LogP contribution is -2.17. The second-order valence-corrected chi connectivity index (χ2v) is 7.13. The fourth-order valence-corrected chi connectivity index (χ4v) is 3.18. The van der Waals surface area contributed by atoms with Crippen molar-refractivity contribution in [3.63, 3.8) is 0 Å². The van der Waals surface area contributed by atoms with Gasteiger partial charge in [0.05, 0.1) is 6.04 Å². The van der Waals surface area contributed by atoms with Crippen molar-refractivity contribution in [2.24, 2.45) is 5.73 Å². The average molecular weight is 451 g/mol. The van der Waals surface area contributed by atoms with E-state index in [9.17, 15) is 13.2 Å². The average Bonchev–Trinajstić information content (AvgIpc) is 2.81. The van der Waals surface area contributed by atoms with Crippen LogP contribution in [0.1, 0.15) is 17.2 Å². The summed E-state index contributed by atoms with van der Waals surface area (Å²) >= 11 is 0. The molecule has 7 heteroatoms. The molecule has 0 fully saturated rings. The molecule has 0 spiro atoms. The standard InChI is InChI=1S/C26H20F3NO3/c27-26(28,29)33-22-14-11-18(12-15-22)25(30)19-13-16-23(31-20-7-3-1-4-8-20)24(17-19)32-21-9-5-2-6-10-21/h1-17,25H,30H2/t25-/m0/s1. The number of halogens is 3. The lowest BCUT2D eigenvalue weighted by atomic mass is 9.99. The number of nitrogens with two attached hydrogens (primary N) is 1. The van der Waals surface area contributed by atoms with Gasteiger partial charge in [0.15, 0.2) is 11.5 Å². The van der Waals surface area contributed by atoms with Crippen molar-refractivity contribution in [2.75, 3.05) is 0 Å². The summed E-state index contributed by atoms with van der Waals surface area (Å²) in [6.07, 6.45) is -4.75. The van der Waals surface area contributed by atoms with Crippen LogP contribution in [0.3, 0.4) is 0 Å². The summed E-state index contributed by atoms with van der Waals surface area (Å²) in [6, 6.07) is 28.7. The quantitative estimate of drug-likeness (QED) is 0.322. The number of para-hydroxylation sites is 2. The highest BCUT2D eigenvalue weighted by atomic mass is 19.4. The lowest BCUT2D eigenvalue weighted by Gasteiger charge is -2.18. The van der Waals surface area contributed by atoms with Crippen LogP contribution < -0.4 is 19.9 Å². The third kappa shape index (κ3) is 6.05. The van der Waals surface area contributed by atoms with Crippen molar-refractivity contribution in [2.45, 2.75) is 12.4 Å². The van der Waals surface area contributed by atoms with Gasteiger partial charge in [0.1, 0.15) is 17.2 Å². The third-order valence-corrected chi connectivity index (χ3v) is 4.74. The Kier molecular flexibility index (Phi) is 6.51. The molecule has 168 valence electrons. The molecule has 0 amide bonds. The van der Waals surface area contributed by atoms with E-state index in [-0.39, 0.29) is 5.75 Å². The fraction of sp³-hybridized carbons (Fsp3) is 0.0769. The SMILES string of the molecule is N[C@@H](c1ccc(OC(F)(F)F)cc1)c1ccc(Oc2ccccc2)c(Oc2ccccc2)c1. The van der Waals surface area contributed by atoms with Crippen LogP contribution in [0.15, 0.2) is 103 Å². The maximum Gasteiger partial charge on any atom is 0.573 e. The first-order valence-corrected chi connectivity index (χ1v) is 10.1. The fourth-order valence-electron chi connectivity index (χ4n) is 3.18. The molecule has 1 atom stereocenters. The predicted molar refractivity (Wildman–Crippen MR) is 119 cm³/mol. The van der Waals surface area contributed by atoms with E-state index in [0.717, 1.165) is 0 Å². The Hall–Kier alpha value is -3.97. The van der Waals surface area contributed by atoms with E-state index in [1.807, 2.05) is 60.7 Å². The summed E-state index contributed by atoms with van der Waals surface area (Å²) in [5, 5.41) is 0. The van der Waals surface area contributed by atoms with Crippen LogP contribution in [0.25, 0.3) is 0 Å². The van der Waals surface area contributed by atoms with Gasteiger partial charge in [-0.3, -0.25) is 0 Å². The zero-order chi connectivity index (χ0) is 23.3. The first kappa shape index (κ1) is 22.2. The van der Waals surface area contributed by atoms with Gasteiger partial charge >= 0.3 is 6.36 Å². The van der Waals surface area contributed by atoms with E-state index in [0.29, 0.717) is 34.1 Å². The van der Waals surface area contributed by atoms with Crippen molar-refractivity contribution in [1.29, 1.82) is 0 Å². The van der Waals surface area contributed by atoms with Crippen LogP contribution in [0.5, 0.6) is 28.7 Å². The highest BCUT2D eigenvalue weighted by Gasteiger charge is 2.31. The van der Waals surface area contributed by atoms with Crippen LogP contribution in [0, 0.1) is 0 Å². The Morgan fingerprint density at radius 3 is 1.64 bits per heavy atom. The number of alkyl halides is 3. The summed E-state index contributed by atoms with van der Waals surface area (Å²) in [6.45, 7) is 0. The molecule has 0 aliphatic rings. The smallest absolute Gasteiger partial charge is 0.453 e. The molecule has 2 N–H and O–H groups in total. The van der Waals surface area contributed by atoms with Gasteiger partial charge in [-0.05, 0) is 59.7 Å². The van der Waals surface area contributed by atoms with Gasteiger partial charge < -0.3 is 19.9 Å². The number of ether oxygens (including phenoxy) is 3. The molecule has 0 aliphatic carbocycles. The molecule has 0 heterocycles. The monoisotopic (exact) mass is 451 g/mol. The van der Waals surface area contributed by atoms with Crippen LogP contribution in [-0.2, 0) is 0 Å².